The first-order valence-corrected chi connectivity index (χ1v) is 9.88. The molecule has 1 aliphatic heterocycles. The number of benzene rings is 2. The lowest BCUT2D eigenvalue weighted by Gasteiger charge is -2.18. The molecule has 0 saturated carbocycles. The molecule has 28 heavy (non-hydrogen) atoms. The van der Waals surface area contributed by atoms with E-state index in [9.17, 15) is 0 Å². The summed E-state index contributed by atoms with van der Waals surface area (Å²) >= 11 is 0. The molecule has 1 aliphatic rings. The summed E-state index contributed by atoms with van der Waals surface area (Å²) in [4.78, 5) is 11.6. The van der Waals surface area contributed by atoms with Crippen LogP contribution in [0.15, 0.2) is 48.5 Å². The second-order valence-corrected chi connectivity index (χ2v) is 7.59. The van der Waals surface area contributed by atoms with Crippen LogP contribution in [-0.4, -0.2) is 23.1 Å². The number of nitrogens with zero attached hydrogens (tertiary/aromatic N) is 3. The van der Waals surface area contributed by atoms with Gasteiger partial charge in [-0.2, -0.15) is 4.98 Å². The Bertz CT molecular complexity index is 939. The predicted octanol–water partition coefficient (Wildman–Crippen LogP) is 5.49. The highest BCUT2D eigenvalue weighted by molar-refractivity contribution is 5.63. The maximum absolute atomic E-state index is 4.64. The number of aromatic nitrogens is 2. The number of nitrogens with one attached hydrogen (secondary N) is 2. The summed E-state index contributed by atoms with van der Waals surface area (Å²) in [6.07, 6.45) is 2.57. The third-order valence-electron chi connectivity index (χ3n) is 4.94. The van der Waals surface area contributed by atoms with Gasteiger partial charge in [0.1, 0.15) is 5.82 Å². The average molecular weight is 374 g/mol. The summed E-state index contributed by atoms with van der Waals surface area (Å²) in [5, 5.41) is 6.73. The van der Waals surface area contributed by atoms with Crippen molar-refractivity contribution in [2.75, 3.05) is 28.6 Å². The molecule has 1 saturated heterocycles. The fourth-order valence-corrected chi connectivity index (χ4v) is 3.74. The minimum Gasteiger partial charge on any atom is -0.372 e. The Morgan fingerprint density at radius 3 is 2.11 bits per heavy atom. The standard InChI is InChI=1S/C23H27N5/c1-16-12-17(2)14-20(13-16)25-22-15-18(3)24-23(27-22)26-19-6-8-21(9-7-19)28-10-4-5-11-28/h6-9,12-15H,4-5,10-11H2,1-3H3,(H2,24,25,26,27). The van der Waals surface area contributed by atoms with Crippen LogP contribution in [0.3, 0.4) is 0 Å². The van der Waals surface area contributed by atoms with Gasteiger partial charge in [0.25, 0.3) is 0 Å². The molecule has 0 radical (unpaired) electrons. The van der Waals surface area contributed by atoms with E-state index in [0.29, 0.717) is 5.95 Å². The summed E-state index contributed by atoms with van der Waals surface area (Å²) in [7, 11) is 0. The fourth-order valence-electron chi connectivity index (χ4n) is 3.74. The van der Waals surface area contributed by atoms with Crippen LogP contribution in [0.2, 0.25) is 0 Å². The number of rotatable bonds is 5. The van der Waals surface area contributed by atoms with E-state index in [0.717, 1.165) is 36.0 Å². The molecule has 1 aromatic heterocycles. The Balaban J connectivity index is 1.50. The van der Waals surface area contributed by atoms with Crippen molar-refractivity contribution in [3.8, 4) is 0 Å². The first-order chi connectivity index (χ1) is 13.5. The van der Waals surface area contributed by atoms with Gasteiger partial charge in [0, 0.05) is 41.9 Å². The predicted molar refractivity (Wildman–Crippen MR) is 117 cm³/mol. The van der Waals surface area contributed by atoms with Crippen LogP contribution < -0.4 is 15.5 Å². The number of hydrogen-bond acceptors (Lipinski definition) is 5. The molecule has 144 valence electrons. The lowest BCUT2D eigenvalue weighted by molar-refractivity contribution is 0.949. The van der Waals surface area contributed by atoms with E-state index in [-0.39, 0.29) is 0 Å². The highest BCUT2D eigenvalue weighted by Crippen LogP contribution is 2.24. The Kier molecular flexibility index (Phi) is 5.15. The molecular formula is C23H27N5. The summed E-state index contributed by atoms with van der Waals surface area (Å²) in [6.45, 7) is 8.49. The Hall–Kier alpha value is -3.08. The molecule has 1 fully saturated rings. The Morgan fingerprint density at radius 2 is 1.43 bits per heavy atom. The first kappa shape index (κ1) is 18.3. The lowest BCUT2D eigenvalue weighted by atomic mass is 10.1. The number of hydrogen-bond donors (Lipinski definition) is 2. The molecule has 3 aromatic rings. The Labute approximate surface area is 166 Å². The van der Waals surface area contributed by atoms with Gasteiger partial charge in [0.05, 0.1) is 0 Å². The van der Waals surface area contributed by atoms with Crippen molar-refractivity contribution in [2.24, 2.45) is 0 Å². The smallest absolute Gasteiger partial charge is 0.229 e. The third kappa shape index (κ3) is 4.42. The van der Waals surface area contributed by atoms with Gasteiger partial charge in [-0.3, -0.25) is 0 Å². The minimum absolute atomic E-state index is 0.598. The van der Waals surface area contributed by atoms with Gasteiger partial charge in [-0.15, -0.1) is 0 Å². The second-order valence-electron chi connectivity index (χ2n) is 7.59. The summed E-state index contributed by atoms with van der Waals surface area (Å²) < 4.78 is 0. The topological polar surface area (TPSA) is 53.1 Å². The van der Waals surface area contributed by atoms with Crippen LogP contribution >= 0.6 is 0 Å². The van der Waals surface area contributed by atoms with Gasteiger partial charge in [-0.25, -0.2) is 4.98 Å². The molecule has 5 nitrogen and oxygen atoms in total. The highest BCUT2D eigenvalue weighted by atomic mass is 15.2. The summed E-state index contributed by atoms with van der Waals surface area (Å²) in [5.41, 5.74) is 6.68. The highest BCUT2D eigenvalue weighted by Gasteiger charge is 2.12. The van der Waals surface area contributed by atoms with Crippen LogP contribution in [0.5, 0.6) is 0 Å². The molecule has 0 amide bonds. The SMILES string of the molecule is Cc1cc(C)cc(Nc2cc(C)nc(Nc3ccc(N4CCCC4)cc3)n2)c1. The van der Waals surface area contributed by atoms with E-state index < -0.39 is 0 Å². The van der Waals surface area contributed by atoms with Crippen LogP contribution in [0.1, 0.15) is 29.7 Å². The zero-order chi connectivity index (χ0) is 19.5. The van der Waals surface area contributed by atoms with Gasteiger partial charge < -0.3 is 15.5 Å². The van der Waals surface area contributed by atoms with Gasteiger partial charge in [0.2, 0.25) is 5.95 Å². The van der Waals surface area contributed by atoms with Crippen molar-refractivity contribution < 1.29 is 0 Å². The van der Waals surface area contributed by atoms with Gasteiger partial charge in [0.15, 0.2) is 0 Å². The van der Waals surface area contributed by atoms with Crippen molar-refractivity contribution in [2.45, 2.75) is 33.6 Å². The van der Waals surface area contributed by atoms with E-state index >= 15 is 0 Å². The molecule has 0 spiro atoms. The average Bonchev–Trinajstić information content (AvgIpc) is 3.15. The molecule has 0 aliphatic carbocycles. The molecule has 2 N–H and O–H groups in total. The quantitative estimate of drug-likeness (QED) is 0.619. The van der Waals surface area contributed by atoms with Crippen molar-refractivity contribution in [1.29, 1.82) is 0 Å². The molecule has 0 bridgehead atoms. The van der Waals surface area contributed by atoms with Gasteiger partial charge in [-0.1, -0.05) is 6.07 Å². The second kappa shape index (κ2) is 7.89. The van der Waals surface area contributed by atoms with Crippen molar-refractivity contribution in [1.82, 2.24) is 9.97 Å². The molecular weight excluding hydrogens is 346 g/mol. The van der Waals surface area contributed by atoms with Crippen LogP contribution in [0.25, 0.3) is 0 Å². The zero-order valence-electron chi connectivity index (χ0n) is 16.8. The zero-order valence-corrected chi connectivity index (χ0v) is 16.8. The minimum atomic E-state index is 0.598. The molecule has 0 atom stereocenters. The third-order valence-corrected chi connectivity index (χ3v) is 4.94. The van der Waals surface area contributed by atoms with Crippen molar-refractivity contribution >= 4 is 28.8 Å². The number of anilines is 5. The van der Waals surface area contributed by atoms with Crippen LogP contribution in [0.4, 0.5) is 28.8 Å². The van der Waals surface area contributed by atoms with Gasteiger partial charge in [-0.05, 0) is 81.1 Å². The molecule has 4 rings (SSSR count). The molecule has 2 heterocycles. The Morgan fingerprint density at radius 1 is 0.750 bits per heavy atom. The van der Waals surface area contributed by atoms with E-state index in [2.05, 4.69) is 81.8 Å². The summed E-state index contributed by atoms with van der Waals surface area (Å²) in [6, 6.07) is 16.9. The summed E-state index contributed by atoms with van der Waals surface area (Å²) in [5.74, 6) is 1.38. The molecule has 0 unspecified atom stereocenters. The largest absolute Gasteiger partial charge is 0.372 e. The first-order valence-electron chi connectivity index (χ1n) is 9.88. The normalized spacial score (nSPS) is 13.6. The van der Waals surface area contributed by atoms with Crippen LogP contribution in [-0.2, 0) is 0 Å². The van der Waals surface area contributed by atoms with E-state index in [1.54, 1.807) is 0 Å². The van der Waals surface area contributed by atoms with Crippen LogP contribution in [0, 0.1) is 20.8 Å². The monoisotopic (exact) mass is 373 g/mol. The molecule has 2 aromatic carbocycles. The number of aryl methyl sites for hydroxylation is 3. The molecule has 5 heteroatoms. The lowest BCUT2D eigenvalue weighted by Crippen LogP contribution is -2.17. The van der Waals surface area contributed by atoms with Crippen molar-refractivity contribution in [3.63, 3.8) is 0 Å². The maximum Gasteiger partial charge on any atom is 0.229 e. The van der Waals surface area contributed by atoms with E-state index in [1.807, 2.05) is 13.0 Å². The van der Waals surface area contributed by atoms with E-state index in [1.165, 1.54) is 29.7 Å². The van der Waals surface area contributed by atoms with Gasteiger partial charge >= 0.3 is 0 Å². The van der Waals surface area contributed by atoms with E-state index in [4.69, 9.17) is 0 Å². The maximum atomic E-state index is 4.64. The van der Waals surface area contributed by atoms with Crippen molar-refractivity contribution in [3.05, 3.63) is 65.4 Å². The fraction of sp³-hybridized carbons (Fsp3) is 0.304.